The van der Waals surface area contributed by atoms with Crippen LogP contribution in [0, 0.1) is 0 Å². The van der Waals surface area contributed by atoms with Crippen molar-refractivity contribution >= 4 is 10.9 Å². The summed E-state index contributed by atoms with van der Waals surface area (Å²) in [5.74, 6) is 0.739. The summed E-state index contributed by atoms with van der Waals surface area (Å²) in [5.41, 5.74) is 2.30. The van der Waals surface area contributed by atoms with Crippen LogP contribution >= 0.6 is 0 Å². The molecule has 3 aromatic carbocycles. The number of para-hydroxylation sites is 1. The highest BCUT2D eigenvalue weighted by Gasteiger charge is 2.12. The Kier molecular flexibility index (Phi) is 5.07. The third-order valence-corrected chi connectivity index (χ3v) is 4.75. The molecular weight excluding hydrogens is 366 g/mol. The van der Waals surface area contributed by atoms with E-state index >= 15 is 0 Å². The first-order chi connectivity index (χ1) is 14.2. The zero-order valence-corrected chi connectivity index (χ0v) is 15.8. The van der Waals surface area contributed by atoms with Crippen molar-refractivity contribution in [1.82, 2.24) is 9.55 Å². The van der Waals surface area contributed by atoms with E-state index in [1.807, 2.05) is 78.9 Å². The number of benzene rings is 3. The molecule has 0 aliphatic rings. The molecule has 0 saturated heterocycles. The van der Waals surface area contributed by atoms with Crippen molar-refractivity contribution in [2.75, 3.05) is 7.11 Å². The Balaban J connectivity index is 2.02. The van der Waals surface area contributed by atoms with Gasteiger partial charge in [-0.1, -0.05) is 65.8 Å². The minimum absolute atomic E-state index is 0.256. The first kappa shape index (κ1) is 18.4. The van der Waals surface area contributed by atoms with Gasteiger partial charge < -0.3 is 14.5 Å². The number of nitrogens with zero attached hydrogens (tertiary/aromatic N) is 3. The highest BCUT2D eigenvalue weighted by molar-refractivity contribution is 5.91. The van der Waals surface area contributed by atoms with Gasteiger partial charge in [0, 0.05) is 10.9 Å². The highest BCUT2D eigenvalue weighted by Crippen LogP contribution is 2.24. The first-order valence-electron chi connectivity index (χ1n) is 9.11. The second kappa shape index (κ2) is 7.98. The molecule has 4 aromatic rings. The average molecular weight is 385 g/mol. The van der Waals surface area contributed by atoms with E-state index in [4.69, 9.17) is 4.74 Å². The molecule has 1 N–H and O–H groups in total. The number of rotatable bonds is 4. The molecule has 1 heterocycles. The zero-order valence-electron chi connectivity index (χ0n) is 15.8. The number of hydrogen-bond donors (Lipinski definition) is 1. The smallest absolute Gasteiger partial charge is 0.299 e. The largest absolute Gasteiger partial charge is 0.497 e. The Bertz CT molecular complexity index is 1280. The van der Waals surface area contributed by atoms with E-state index in [0.717, 1.165) is 22.3 Å². The normalized spacial score (nSPS) is 11.6. The molecule has 144 valence electrons. The van der Waals surface area contributed by atoms with Crippen molar-refractivity contribution in [3.63, 3.8) is 0 Å². The number of aromatic nitrogens is 2. The predicted octanol–water partition coefficient (Wildman–Crippen LogP) is 3.41. The van der Waals surface area contributed by atoms with Gasteiger partial charge in [-0.3, -0.25) is 4.79 Å². The molecule has 29 heavy (non-hydrogen) atoms. The summed E-state index contributed by atoms with van der Waals surface area (Å²) in [5, 5.41) is 13.5. The number of fused-ring (bicyclic) bond motifs is 1. The summed E-state index contributed by atoms with van der Waals surface area (Å²) in [6.45, 7) is 0.302. The highest BCUT2D eigenvalue weighted by atomic mass is 16.5. The maximum atomic E-state index is 13.1. The van der Waals surface area contributed by atoms with E-state index in [-0.39, 0.29) is 5.49 Å². The Morgan fingerprint density at radius 2 is 1.66 bits per heavy atom. The summed E-state index contributed by atoms with van der Waals surface area (Å²) >= 11 is 0. The third-order valence-electron chi connectivity index (χ3n) is 4.75. The van der Waals surface area contributed by atoms with Gasteiger partial charge in [-0.15, -0.1) is 0 Å². The van der Waals surface area contributed by atoms with Gasteiger partial charge in [-0.25, -0.2) is 4.98 Å². The fourth-order valence-corrected chi connectivity index (χ4v) is 3.31. The fourth-order valence-electron chi connectivity index (χ4n) is 3.31. The molecule has 0 aliphatic heterocycles. The van der Waals surface area contributed by atoms with Gasteiger partial charge >= 0.3 is 0 Å². The number of methoxy groups -OCH3 is 1. The molecule has 0 spiro atoms. The lowest BCUT2D eigenvalue weighted by Crippen LogP contribution is -2.34. The second-order valence-electron chi connectivity index (χ2n) is 6.51. The van der Waals surface area contributed by atoms with Crippen LogP contribution in [0.25, 0.3) is 22.2 Å². The summed E-state index contributed by atoms with van der Waals surface area (Å²) < 4.78 is 6.78. The summed E-state index contributed by atoms with van der Waals surface area (Å²) in [7, 11) is 1.61. The van der Waals surface area contributed by atoms with Crippen LogP contribution in [0.1, 0.15) is 5.56 Å². The Morgan fingerprint density at radius 1 is 0.966 bits per heavy atom. The molecule has 0 radical (unpaired) electrons. The van der Waals surface area contributed by atoms with Crippen molar-refractivity contribution in [1.29, 1.82) is 0 Å². The lowest BCUT2D eigenvalue weighted by atomic mass is 10.1. The first-order valence-corrected chi connectivity index (χ1v) is 9.11. The van der Waals surface area contributed by atoms with Gasteiger partial charge in [0.15, 0.2) is 0 Å². The molecule has 6 heteroatoms. The van der Waals surface area contributed by atoms with Gasteiger partial charge in [0.05, 0.1) is 24.9 Å². The second-order valence-corrected chi connectivity index (χ2v) is 6.51. The monoisotopic (exact) mass is 385 g/mol. The Morgan fingerprint density at radius 3 is 2.34 bits per heavy atom. The molecule has 0 fully saturated rings. The molecular formula is C23H19N3O3. The van der Waals surface area contributed by atoms with Crippen LogP contribution in [0.15, 0.2) is 88.8 Å². The summed E-state index contributed by atoms with van der Waals surface area (Å²) in [4.78, 5) is 17.6. The molecule has 0 unspecified atom stereocenters. The van der Waals surface area contributed by atoms with Crippen molar-refractivity contribution in [2.45, 2.75) is 6.54 Å². The quantitative estimate of drug-likeness (QED) is 0.431. The molecule has 0 atom stereocenters. The molecule has 0 amide bonds. The standard InChI is InChI=1S/C23H19N3O3/c1-29-18-13-11-16(12-14-18)15-26-20-10-6-5-9-19(20)21(17-7-3-2-4-8-17)24-22(25-28)23(26)27/h2-14,28H,15H2,1H3/b25-22-. The van der Waals surface area contributed by atoms with E-state index in [2.05, 4.69) is 10.1 Å². The van der Waals surface area contributed by atoms with Gasteiger partial charge in [0.1, 0.15) is 5.75 Å². The van der Waals surface area contributed by atoms with Gasteiger partial charge in [-0.2, -0.15) is 0 Å². The van der Waals surface area contributed by atoms with E-state index in [1.165, 1.54) is 0 Å². The molecule has 4 rings (SSSR count). The number of ether oxygens (including phenoxy) is 1. The lowest BCUT2D eigenvalue weighted by Gasteiger charge is -2.09. The van der Waals surface area contributed by atoms with Gasteiger partial charge in [-0.05, 0) is 23.8 Å². The van der Waals surface area contributed by atoms with Crippen molar-refractivity contribution in [3.8, 4) is 17.0 Å². The molecule has 0 bridgehead atoms. The van der Waals surface area contributed by atoms with Crippen LogP contribution in [0.3, 0.4) is 0 Å². The van der Waals surface area contributed by atoms with Crippen LogP contribution in [0.5, 0.6) is 5.75 Å². The Hall–Kier alpha value is -3.93. The van der Waals surface area contributed by atoms with E-state index < -0.39 is 5.56 Å². The lowest BCUT2D eigenvalue weighted by molar-refractivity contribution is 0.297. The average Bonchev–Trinajstić information content (AvgIpc) is 2.90. The molecule has 0 aliphatic carbocycles. The van der Waals surface area contributed by atoms with Crippen LogP contribution < -0.4 is 15.8 Å². The zero-order chi connectivity index (χ0) is 20.2. The van der Waals surface area contributed by atoms with Gasteiger partial charge in [0.25, 0.3) is 11.0 Å². The van der Waals surface area contributed by atoms with Gasteiger partial charge in [0.2, 0.25) is 0 Å². The van der Waals surface area contributed by atoms with Crippen molar-refractivity contribution in [3.05, 3.63) is 100 Å². The minimum Gasteiger partial charge on any atom is -0.497 e. The van der Waals surface area contributed by atoms with Crippen molar-refractivity contribution in [2.24, 2.45) is 5.16 Å². The maximum absolute atomic E-state index is 13.1. The molecule has 6 nitrogen and oxygen atoms in total. The third kappa shape index (κ3) is 3.60. The maximum Gasteiger partial charge on any atom is 0.299 e. The van der Waals surface area contributed by atoms with E-state index in [1.54, 1.807) is 11.7 Å². The molecule has 0 saturated carbocycles. The topological polar surface area (TPSA) is 76.7 Å². The summed E-state index contributed by atoms with van der Waals surface area (Å²) in [6.07, 6.45) is 0. The summed E-state index contributed by atoms with van der Waals surface area (Å²) in [6, 6.07) is 24.6. The van der Waals surface area contributed by atoms with Crippen molar-refractivity contribution < 1.29 is 9.94 Å². The van der Waals surface area contributed by atoms with E-state index in [0.29, 0.717) is 17.8 Å². The van der Waals surface area contributed by atoms with Crippen LogP contribution in [0.2, 0.25) is 0 Å². The van der Waals surface area contributed by atoms with E-state index in [9.17, 15) is 10.0 Å². The van der Waals surface area contributed by atoms with Crippen LogP contribution in [0.4, 0.5) is 0 Å². The minimum atomic E-state index is -0.471. The number of hydrogen-bond acceptors (Lipinski definition) is 5. The fraction of sp³-hybridized carbons (Fsp3) is 0.0870. The SMILES string of the molecule is COc1ccc(Cn2c(=O)/c(=N/O)nc(-c3ccccc3)c3ccccc32)cc1. The van der Waals surface area contributed by atoms with Crippen LogP contribution in [-0.2, 0) is 6.54 Å². The Labute approximate surface area is 167 Å². The predicted molar refractivity (Wildman–Crippen MR) is 111 cm³/mol. The van der Waals surface area contributed by atoms with Crippen LogP contribution in [-0.4, -0.2) is 21.9 Å². The molecule has 1 aromatic heterocycles.